The van der Waals surface area contributed by atoms with Gasteiger partial charge in [0.15, 0.2) is 6.20 Å². The number of fused-ring (bicyclic) bond motifs is 3. The van der Waals surface area contributed by atoms with Gasteiger partial charge >= 0.3 is 0 Å². The Morgan fingerprint density at radius 2 is 1.71 bits per heavy atom. The first-order chi connectivity index (χ1) is 16.2. The highest BCUT2D eigenvalue weighted by molar-refractivity contribution is 6.15. The van der Waals surface area contributed by atoms with Crippen molar-refractivity contribution in [1.82, 2.24) is 0 Å². The Morgan fingerprint density at radius 1 is 0.971 bits per heavy atom. The number of pyridine rings is 1. The Bertz CT molecular complexity index is 1620. The third kappa shape index (κ3) is 3.36. The predicted molar refractivity (Wildman–Crippen MR) is 134 cm³/mol. The van der Waals surface area contributed by atoms with Crippen LogP contribution < -0.4 is 4.57 Å². The van der Waals surface area contributed by atoms with E-state index in [0.29, 0.717) is 22.3 Å². The van der Waals surface area contributed by atoms with Crippen LogP contribution in [0.5, 0.6) is 0 Å². The van der Waals surface area contributed by atoms with Crippen LogP contribution in [-0.4, -0.2) is 0 Å². The van der Waals surface area contributed by atoms with Crippen LogP contribution in [0.25, 0.3) is 44.3 Å². The zero-order valence-corrected chi connectivity index (χ0v) is 20.0. The summed E-state index contributed by atoms with van der Waals surface area (Å²) >= 11 is 0. The van der Waals surface area contributed by atoms with Gasteiger partial charge in [-0.3, -0.25) is 0 Å². The molecular formula is C30H26FN2O+. The fourth-order valence-electron chi connectivity index (χ4n) is 4.72. The van der Waals surface area contributed by atoms with Gasteiger partial charge < -0.3 is 4.42 Å². The molecule has 0 bridgehead atoms. The molecule has 0 radical (unpaired) electrons. The van der Waals surface area contributed by atoms with Crippen molar-refractivity contribution in [1.29, 1.82) is 5.26 Å². The highest BCUT2D eigenvalue weighted by Gasteiger charge is 2.28. The van der Waals surface area contributed by atoms with E-state index in [0.717, 1.165) is 38.7 Å². The molecule has 0 spiro atoms. The fourth-order valence-corrected chi connectivity index (χ4v) is 4.72. The Kier molecular flexibility index (Phi) is 5.02. The molecule has 34 heavy (non-hydrogen) atoms. The molecule has 2 aromatic heterocycles. The third-order valence-electron chi connectivity index (χ3n) is 6.49. The van der Waals surface area contributed by atoms with Crippen LogP contribution in [0, 0.1) is 24.1 Å². The van der Waals surface area contributed by atoms with E-state index in [1.165, 1.54) is 0 Å². The van der Waals surface area contributed by atoms with Crippen molar-refractivity contribution in [2.75, 3.05) is 0 Å². The zero-order chi connectivity index (χ0) is 24.2. The molecule has 0 N–H and O–H groups in total. The SMILES string of the molecule is Cc1ccc2c(oc3c(-c4ccccc4)ccc(C#N)c32)c1-c1cc(F)c(C(C)(C)C)c[n+]1C. The summed E-state index contributed by atoms with van der Waals surface area (Å²) in [6.07, 6.45) is 1.86. The van der Waals surface area contributed by atoms with Crippen molar-refractivity contribution >= 4 is 21.9 Å². The molecule has 0 unspecified atom stereocenters. The lowest BCUT2D eigenvalue weighted by Crippen LogP contribution is -2.34. The average molecular weight is 450 g/mol. The maximum Gasteiger partial charge on any atom is 0.219 e. The Labute approximate surface area is 198 Å². The van der Waals surface area contributed by atoms with Crippen molar-refractivity contribution in [2.24, 2.45) is 7.05 Å². The molecule has 3 aromatic carbocycles. The summed E-state index contributed by atoms with van der Waals surface area (Å²) < 4.78 is 23.8. The number of hydrogen-bond donors (Lipinski definition) is 0. The van der Waals surface area contributed by atoms with Gasteiger partial charge in [-0.25, -0.2) is 8.96 Å². The smallest absolute Gasteiger partial charge is 0.219 e. The van der Waals surface area contributed by atoms with Gasteiger partial charge in [-0.1, -0.05) is 63.2 Å². The van der Waals surface area contributed by atoms with Crippen LogP contribution in [0.15, 0.2) is 71.3 Å². The van der Waals surface area contributed by atoms with Gasteiger partial charge in [0.2, 0.25) is 5.69 Å². The molecule has 0 amide bonds. The lowest BCUT2D eigenvalue weighted by atomic mass is 9.87. The van der Waals surface area contributed by atoms with E-state index in [-0.39, 0.29) is 11.2 Å². The summed E-state index contributed by atoms with van der Waals surface area (Å²) in [5, 5.41) is 11.5. The van der Waals surface area contributed by atoms with E-state index >= 15 is 4.39 Å². The topological polar surface area (TPSA) is 40.8 Å². The number of nitriles is 1. The molecule has 0 fully saturated rings. The normalized spacial score (nSPS) is 11.8. The Hall–Kier alpha value is -3.97. The lowest BCUT2D eigenvalue weighted by molar-refractivity contribution is -0.661. The summed E-state index contributed by atoms with van der Waals surface area (Å²) in [6.45, 7) is 8.02. The molecule has 0 saturated heterocycles. The molecule has 0 aliphatic carbocycles. The highest BCUT2D eigenvalue weighted by Crippen LogP contribution is 2.42. The molecule has 4 heteroatoms. The lowest BCUT2D eigenvalue weighted by Gasteiger charge is -2.18. The molecule has 0 aliphatic heterocycles. The first-order valence-electron chi connectivity index (χ1n) is 11.3. The van der Waals surface area contributed by atoms with Gasteiger partial charge in [0.05, 0.1) is 22.8 Å². The molecular weight excluding hydrogens is 423 g/mol. The summed E-state index contributed by atoms with van der Waals surface area (Å²) in [5.41, 5.74) is 6.71. The molecule has 0 saturated carbocycles. The first kappa shape index (κ1) is 21.9. The molecule has 0 aliphatic rings. The molecule has 5 rings (SSSR count). The first-order valence-corrected chi connectivity index (χ1v) is 11.3. The molecule has 0 atom stereocenters. The highest BCUT2D eigenvalue weighted by atomic mass is 19.1. The van der Waals surface area contributed by atoms with E-state index in [1.54, 1.807) is 6.07 Å². The minimum absolute atomic E-state index is 0.240. The fraction of sp³-hybridized carbons (Fsp3) is 0.200. The minimum atomic E-state index is -0.312. The monoisotopic (exact) mass is 449 g/mol. The molecule has 168 valence electrons. The van der Waals surface area contributed by atoms with Crippen molar-refractivity contribution in [3.05, 3.63) is 89.4 Å². The van der Waals surface area contributed by atoms with Crippen LogP contribution in [0.3, 0.4) is 0 Å². The van der Waals surface area contributed by atoms with Gasteiger partial charge in [-0.15, -0.1) is 0 Å². The van der Waals surface area contributed by atoms with Gasteiger partial charge in [0, 0.05) is 22.4 Å². The number of nitrogens with zero attached hydrogens (tertiary/aromatic N) is 2. The number of furan rings is 1. The van der Waals surface area contributed by atoms with E-state index < -0.39 is 0 Å². The summed E-state index contributed by atoms with van der Waals surface area (Å²) in [6, 6.07) is 21.7. The van der Waals surface area contributed by atoms with Gasteiger partial charge in [-0.2, -0.15) is 5.26 Å². The second kappa shape index (κ2) is 7.81. The summed E-state index contributed by atoms with van der Waals surface area (Å²) in [7, 11) is 1.93. The van der Waals surface area contributed by atoms with Crippen LogP contribution in [0.1, 0.15) is 37.5 Å². The molecule has 2 heterocycles. The Morgan fingerprint density at radius 3 is 2.38 bits per heavy atom. The summed E-state index contributed by atoms with van der Waals surface area (Å²) in [4.78, 5) is 0. The van der Waals surface area contributed by atoms with E-state index in [9.17, 15) is 5.26 Å². The van der Waals surface area contributed by atoms with Gasteiger partial charge in [0.25, 0.3) is 0 Å². The van der Waals surface area contributed by atoms with E-state index in [1.807, 2.05) is 100 Å². The Balaban J connectivity index is 1.88. The van der Waals surface area contributed by atoms with Crippen LogP contribution in [0.2, 0.25) is 0 Å². The zero-order valence-electron chi connectivity index (χ0n) is 20.0. The maximum absolute atomic E-state index is 15.3. The van der Waals surface area contributed by atoms with Crippen LogP contribution in [-0.2, 0) is 12.5 Å². The van der Waals surface area contributed by atoms with Crippen molar-refractivity contribution in [2.45, 2.75) is 33.1 Å². The second-order valence-electron chi connectivity index (χ2n) is 9.86. The van der Waals surface area contributed by atoms with Crippen molar-refractivity contribution in [3.63, 3.8) is 0 Å². The predicted octanol–water partition coefficient (Wildman–Crippen LogP) is 7.36. The van der Waals surface area contributed by atoms with Crippen LogP contribution in [0.4, 0.5) is 4.39 Å². The molecule has 5 aromatic rings. The van der Waals surface area contributed by atoms with Crippen LogP contribution >= 0.6 is 0 Å². The van der Waals surface area contributed by atoms with E-state index in [2.05, 4.69) is 6.07 Å². The molecule has 3 nitrogen and oxygen atoms in total. The quantitative estimate of drug-likeness (QED) is 0.264. The third-order valence-corrected chi connectivity index (χ3v) is 6.49. The number of benzene rings is 3. The summed E-state index contributed by atoms with van der Waals surface area (Å²) in [5.74, 6) is -0.240. The van der Waals surface area contributed by atoms with Gasteiger partial charge in [0.1, 0.15) is 24.0 Å². The van der Waals surface area contributed by atoms with E-state index in [4.69, 9.17) is 4.42 Å². The number of hydrogen-bond acceptors (Lipinski definition) is 2. The number of aromatic nitrogens is 1. The number of rotatable bonds is 2. The number of aryl methyl sites for hydroxylation is 2. The maximum atomic E-state index is 15.3. The minimum Gasteiger partial charge on any atom is -0.454 e. The second-order valence-corrected chi connectivity index (χ2v) is 9.86. The van der Waals surface area contributed by atoms with Crippen molar-refractivity contribution in [3.8, 4) is 28.5 Å². The van der Waals surface area contributed by atoms with Crippen molar-refractivity contribution < 1.29 is 13.4 Å². The van der Waals surface area contributed by atoms with Gasteiger partial charge in [-0.05, 0) is 35.6 Å². The average Bonchev–Trinajstić information content (AvgIpc) is 3.19. The standard InChI is InChI=1S/C30H26FN2O/c1-18-11-13-22-27-20(16-32)12-14-21(19-9-7-6-8-10-19)28(27)34-29(22)26(18)25-15-24(31)23(17-33(25)5)30(2,3)4/h6-15,17H,1-5H3/q+1. The number of halogens is 1. The largest absolute Gasteiger partial charge is 0.454 e.